The molecule has 0 bridgehead atoms. The number of aryl methyl sites for hydroxylation is 1. The van der Waals surface area contributed by atoms with Gasteiger partial charge >= 0.3 is 0 Å². The third kappa shape index (κ3) is 3.82. The van der Waals surface area contributed by atoms with E-state index in [0.29, 0.717) is 5.92 Å². The Morgan fingerprint density at radius 2 is 2.50 bits per heavy atom. The second kappa shape index (κ2) is 6.90. The number of rotatable bonds is 5. The third-order valence-corrected chi connectivity index (χ3v) is 4.44. The van der Waals surface area contributed by atoms with Crippen molar-refractivity contribution >= 4 is 17.2 Å². The second-order valence-corrected chi connectivity index (χ2v) is 5.78. The summed E-state index contributed by atoms with van der Waals surface area (Å²) in [6, 6.07) is 1.99. The highest BCUT2D eigenvalue weighted by molar-refractivity contribution is 7.10. The van der Waals surface area contributed by atoms with Crippen LogP contribution in [0.25, 0.3) is 0 Å². The summed E-state index contributed by atoms with van der Waals surface area (Å²) in [6.07, 6.45) is 4.41. The monoisotopic (exact) mass is 267 g/mol. The molecule has 1 fully saturated rings. The van der Waals surface area contributed by atoms with Gasteiger partial charge in [-0.25, -0.2) is 0 Å². The molecule has 1 aliphatic rings. The quantitative estimate of drug-likeness (QED) is 0.891. The number of ether oxygens (including phenoxy) is 1. The second-order valence-electron chi connectivity index (χ2n) is 4.78. The Morgan fingerprint density at radius 3 is 3.17 bits per heavy atom. The lowest BCUT2D eigenvalue weighted by molar-refractivity contribution is 0.0514. The zero-order valence-electron chi connectivity index (χ0n) is 10.9. The van der Waals surface area contributed by atoms with Crippen LogP contribution in [-0.4, -0.2) is 25.7 Å². The van der Waals surface area contributed by atoms with Crippen molar-refractivity contribution in [1.82, 2.24) is 5.32 Å². The number of hydrogen-bond donors (Lipinski definition) is 1. The van der Waals surface area contributed by atoms with Gasteiger partial charge in [-0.1, -0.05) is 6.92 Å². The summed E-state index contributed by atoms with van der Waals surface area (Å²) in [4.78, 5) is 13.1. The summed E-state index contributed by atoms with van der Waals surface area (Å²) in [7, 11) is 0. The normalized spacial score (nSPS) is 19.7. The molecule has 1 amide bonds. The average molecular weight is 267 g/mol. The standard InChI is InChI=1S/C14H21NO2S/c1-2-13-8-12(10-18-13)14(16)15-6-5-11-4-3-7-17-9-11/h8,10-11H,2-7,9H2,1H3,(H,15,16)/t11-/m1/s1. The first kappa shape index (κ1) is 13.6. The van der Waals surface area contributed by atoms with Crippen LogP contribution in [0.15, 0.2) is 11.4 Å². The van der Waals surface area contributed by atoms with E-state index in [1.165, 1.54) is 11.3 Å². The van der Waals surface area contributed by atoms with Gasteiger partial charge < -0.3 is 10.1 Å². The molecular weight excluding hydrogens is 246 g/mol. The highest BCUT2D eigenvalue weighted by Gasteiger charge is 2.14. The highest BCUT2D eigenvalue weighted by Crippen LogP contribution is 2.17. The summed E-state index contributed by atoms with van der Waals surface area (Å²) in [5, 5.41) is 4.94. The Morgan fingerprint density at radius 1 is 1.61 bits per heavy atom. The van der Waals surface area contributed by atoms with Crippen molar-refractivity contribution in [2.24, 2.45) is 5.92 Å². The Bertz CT molecular complexity index is 383. The van der Waals surface area contributed by atoms with Gasteiger partial charge in [0.05, 0.1) is 5.56 Å². The van der Waals surface area contributed by atoms with Crippen LogP contribution in [0.1, 0.15) is 41.4 Å². The number of thiophene rings is 1. The van der Waals surface area contributed by atoms with Gasteiger partial charge in [-0.15, -0.1) is 11.3 Å². The van der Waals surface area contributed by atoms with Crippen molar-refractivity contribution in [3.05, 3.63) is 21.9 Å². The van der Waals surface area contributed by atoms with E-state index >= 15 is 0 Å². The van der Waals surface area contributed by atoms with Crippen LogP contribution in [-0.2, 0) is 11.2 Å². The van der Waals surface area contributed by atoms with E-state index in [1.807, 2.05) is 11.4 Å². The van der Waals surface area contributed by atoms with Gasteiger partial charge in [-0.2, -0.15) is 0 Å². The number of carbonyl (C=O) groups is 1. The van der Waals surface area contributed by atoms with Crippen LogP contribution in [0.4, 0.5) is 0 Å². The van der Waals surface area contributed by atoms with E-state index < -0.39 is 0 Å². The predicted molar refractivity (Wildman–Crippen MR) is 74.2 cm³/mol. The maximum Gasteiger partial charge on any atom is 0.252 e. The fraction of sp³-hybridized carbons (Fsp3) is 0.643. The molecule has 1 aromatic rings. The SMILES string of the molecule is CCc1cc(C(=O)NCC[C@H]2CCCOC2)cs1. The summed E-state index contributed by atoms with van der Waals surface area (Å²) >= 11 is 1.66. The first-order valence-electron chi connectivity index (χ1n) is 6.73. The molecule has 0 saturated carbocycles. The molecule has 2 heterocycles. The van der Waals surface area contributed by atoms with Gasteiger partial charge in [-0.3, -0.25) is 4.79 Å². The fourth-order valence-electron chi connectivity index (χ4n) is 2.21. The van der Waals surface area contributed by atoms with E-state index in [1.54, 1.807) is 11.3 Å². The molecule has 1 N–H and O–H groups in total. The minimum absolute atomic E-state index is 0.0580. The number of amides is 1. The Kier molecular flexibility index (Phi) is 5.20. The fourth-order valence-corrected chi connectivity index (χ4v) is 3.03. The van der Waals surface area contributed by atoms with Crippen molar-refractivity contribution < 1.29 is 9.53 Å². The molecule has 0 aliphatic carbocycles. The predicted octanol–water partition coefficient (Wildman–Crippen LogP) is 2.86. The van der Waals surface area contributed by atoms with Gasteiger partial charge in [0.15, 0.2) is 0 Å². The van der Waals surface area contributed by atoms with E-state index in [2.05, 4.69) is 12.2 Å². The number of hydrogen-bond acceptors (Lipinski definition) is 3. The summed E-state index contributed by atoms with van der Waals surface area (Å²) in [6.45, 7) is 4.62. The van der Waals surface area contributed by atoms with E-state index in [9.17, 15) is 4.79 Å². The van der Waals surface area contributed by atoms with Crippen molar-refractivity contribution in [2.75, 3.05) is 19.8 Å². The largest absolute Gasteiger partial charge is 0.381 e. The van der Waals surface area contributed by atoms with Gasteiger partial charge in [0.1, 0.15) is 0 Å². The third-order valence-electron chi connectivity index (χ3n) is 3.36. The molecule has 1 saturated heterocycles. The van der Waals surface area contributed by atoms with Crippen LogP contribution in [0.5, 0.6) is 0 Å². The van der Waals surface area contributed by atoms with Crippen molar-refractivity contribution in [1.29, 1.82) is 0 Å². The first-order chi connectivity index (χ1) is 8.79. The smallest absolute Gasteiger partial charge is 0.252 e. The van der Waals surface area contributed by atoms with Crippen LogP contribution < -0.4 is 5.32 Å². The molecular formula is C14H21NO2S. The zero-order valence-corrected chi connectivity index (χ0v) is 11.7. The van der Waals surface area contributed by atoms with Crippen molar-refractivity contribution in [3.63, 3.8) is 0 Å². The number of carbonyl (C=O) groups excluding carboxylic acids is 1. The molecule has 0 spiro atoms. The Hall–Kier alpha value is -0.870. The minimum atomic E-state index is 0.0580. The minimum Gasteiger partial charge on any atom is -0.381 e. The molecule has 0 aromatic carbocycles. The maximum atomic E-state index is 11.9. The highest BCUT2D eigenvalue weighted by atomic mass is 32.1. The average Bonchev–Trinajstić information content (AvgIpc) is 2.89. The van der Waals surface area contributed by atoms with E-state index in [4.69, 9.17) is 4.74 Å². The molecule has 1 aromatic heterocycles. The molecule has 100 valence electrons. The summed E-state index contributed by atoms with van der Waals surface area (Å²) < 4.78 is 5.43. The van der Waals surface area contributed by atoms with Crippen LogP contribution in [0, 0.1) is 5.92 Å². The van der Waals surface area contributed by atoms with E-state index in [0.717, 1.165) is 44.6 Å². The topological polar surface area (TPSA) is 38.3 Å². The summed E-state index contributed by atoms with van der Waals surface area (Å²) in [5.74, 6) is 0.676. The Labute approximate surface area is 113 Å². The Balaban J connectivity index is 1.70. The molecule has 2 rings (SSSR count). The lowest BCUT2D eigenvalue weighted by Gasteiger charge is -2.21. The van der Waals surface area contributed by atoms with E-state index in [-0.39, 0.29) is 5.91 Å². The molecule has 3 nitrogen and oxygen atoms in total. The van der Waals surface area contributed by atoms with Gasteiger partial charge in [0.2, 0.25) is 0 Å². The molecule has 1 aliphatic heterocycles. The lowest BCUT2D eigenvalue weighted by atomic mass is 9.99. The molecule has 0 radical (unpaired) electrons. The van der Waals surface area contributed by atoms with Crippen molar-refractivity contribution in [3.8, 4) is 0 Å². The molecule has 4 heteroatoms. The van der Waals surface area contributed by atoms with Gasteiger partial charge in [-0.05, 0) is 37.7 Å². The maximum absolute atomic E-state index is 11.9. The summed E-state index contributed by atoms with van der Waals surface area (Å²) in [5.41, 5.74) is 0.803. The molecule has 1 atom stereocenters. The zero-order chi connectivity index (χ0) is 12.8. The molecule has 0 unspecified atom stereocenters. The number of nitrogens with one attached hydrogen (secondary N) is 1. The molecule has 18 heavy (non-hydrogen) atoms. The van der Waals surface area contributed by atoms with Gasteiger partial charge in [0, 0.05) is 30.0 Å². The van der Waals surface area contributed by atoms with Gasteiger partial charge in [0.25, 0.3) is 5.91 Å². The first-order valence-corrected chi connectivity index (χ1v) is 7.61. The van der Waals surface area contributed by atoms with Crippen LogP contribution in [0.2, 0.25) is 0 Å². The lowest BCUT2D eigenvalue weighted by Crippen LogP contribution is -2.27. The van der Waals surface area contributed by atoms with Crippen LogP contribution in [0.3, 0.4) is 0 Å². The van der Waals surface area contributed by atoms with Crippen molar-refractivity contribution in [2.45, 2.75) is 32.6 Å². The van der Waals surface area contributed by atoms with Crippen LogP contribution >= 0.6 is 11.3 Å².